The van der Waals surface area contributed by atoms with E-state index in [1.165, 1.54) is 0 Å². The van der Waals surface area contributed by atoms with Gasteiger partial charge in [-0.2, -0.15) is 0 Å². The van der Waals surface area contributed by atoms with Crippen LogP contribution in [0.1, 0.15) is 135 Å². The lowest BCUT2D eigenvalue weighted by atomic mass is 9.81. The zero-order valence-electron chi connectivity index (χ0n) is 57.3. The van der Waals surface area contributed by atoms with Crippen molar-refractivity contribution in [2.75, 3.05) is 85.3 Å². The van der Waals surface area contributed by atoms with Crippen molar-refractivity contribution in [1.82, 2.24) is 61.9 Å². The number of carbonyl (C=O) groups is 15. The number of urea groups is 1. The number of fused-ring (bicyclic) bond motifs is 1. The summed E-state index contributed by atoms with van der Waals surface area (Å²) in [6.45, 7) is 5.20. The number of carboxylic acid groups (broad SMARTS) is 5. The molecular formula is C67H98N12O22. The number of aliphatic carboxylic acids is 5. The number of nitrogens with zero attached hydrogens (tertiary/aromatic N) is 5. The third-order valence-electron chi connectivity index (χ3n) is 17.9. The van der Waals surface area contributed by atoms with Crippen molar-refractivity contribution in [3.05, 3.63) is 48.0 Å². The summed E-state index contributed by atoms with van der Waals surface area (Å²) in [5.41, 5.74) is 0.765. The van der Waals surface area contributed by atoms with Crippen LogP contribution in [0.25, 0.3) is 10.8 Å². The Bertz CT molecular complexity index is 3170. The number of carboxylic acids is 5. The van der Waals surface area contributed by atoms with Crippen LogP contribution >= 0.6 is 0 Å². The van der Waals surface area contributed by atoms with E-state index in [1.807, 2.05) is 66.1 Å². The second-order valence-corrected chi connectivity index (χ2v) is 25.9. The molecule has 0 radical (unpaired) electrons. The van der Waals surface area contributed by atoms with E-state index in [1.54, 1.807) is 9.80 Å². The highest BCUT2D eigenvalue weighted by Crippen LogP contribution is 2.29. The van der Waals surface area contributed by atoms with Gasteiger partial charge in [0.2, 0.25) is 29.5 Å². The maximum atomic E-state index is 14.1. The van der Waals surface area contributed by atoms with Crippen molar-refractivity contribution in [3.63, 3.8) is 0 Å². The van der Waals surface area contributed by atoms with Gasteiger partial charge in [0.05, 0.1) is 19.6 Å². The molecule has 34 nitrogen and oxygen atoms in total. The molecule has 3 fully saturated rings. The summed E-state index contributed by atoms with van der Waals surface area (Å²) in [6.07, 6.45) is 2.18. The highest BCUT2D eigenvalue weighted by molar-refractivity contribution is 6.01. The van der Waals surface area contributed by atoms with Crippen LogP contribution in [-0.2, 0) is 83.1 Å². The van der Waals surface area contributed by atoms with Crippen molar-refractivity contribution in [3.8, 4) is 0 Å². The van der Waals surface area contributed by atoms with E-state index >= 15 is 0 Å². The molecule has 1 aliphatic carbocycles. The summed E-state index contributed by atoms with van der Waals surface area (Å²) in [5.74, 6) is -11.1. The highest BCUT2D eigenvalue weighted by atomic mass is 16.7. The first kappa shape index (κ1) is 82.3. The molecular weight excluding hydrogens is 1320 g/mol. The predicted molar refractivity (Wildman–Crippen MR) is 358 cm³/mol. The summed E-state index contributed by atoms with van der Waals surface area (Å²) < 4.78 is 5.10. The fourth-order valence-corrected chi connectivity index (χ4v) is 12.2. The number of hydrogen-bond acceptors (Lipinski definition) is 21. The molecule has 2 heterocycles. The molecule has 3 aliphatic rings. The Morgan fingerprint density at radius 3 is 1.72 bits per heavy atom. The van der Waals surface area contributed by atoms with Crippen LogP contribution in [0.15, 0.2) is 42.5 Å². The standard InChI is InChI=1S/C67H98N12O22/c1-43-36-75(39-59(87)88)29-30-76(40-60(89)90)37-44(2)78(41-100-42-80)32-31-77(43)38-55(82)68-27-9-7-13-50(71-54(81)15-5-6-16-61(91)101-79-56(83)24-25-57(79)84)63(93)70-35-45-17-21-48(22-18-45)62(92)72-53(34-46-19-20-47-11-3-4-12-49(47)33-46)64(94)69-28-10-8-14-51(65(95)96)73-67(99)74-52(66(97)98)23-26-58(85)86/h3-4,11-12,19-20,33,42-45,48,50-53H,5-10,13-18,21-32,34-41H2,1-2H3,(H,68,82)(H,69,94)(H,70,93)(H,71,81)(H,72,92)(H,85,86)(H,87,88)(H,89,90)(H,95,96)(H,97,98)(H2,73,74,99)/t43?,44?,45?,48?,50-,51-,52-,53?/m0/s1. The Balaban J connectivity index is 1.16. The fourth-order valence-electron chi connectivity index (χ4n) is 12.2. The number of hydrogen-bond donors (Lipinski definition) is 12. The lowest BCUT2D eigenvalue weighted by molar-refractivity contribution is -0.197. The molecule has 101 heavy (non-hydrogen) atoms. The first-order valence-corrected chi connectivity index (χ1v) is 34.3. The van der Waals surface area contributed by atoms with Crippen LogP contribution in [0.4, 0.5) is 4.79 Å². The van der Waals surface area contributed by atoms with Gasteiger partial charge in [0.25, 0.3) is 18.3 Å². The summed E-state index contributed by atoms with van der Waals surface area (Å²) >= 11 is 0. The number of nitrogens with one attached hydrogen (secondary N) is 7. The second-order valence-electron chi connectivity index (χ2n) is 25.9. The van der Waals surface area contributed by atoms with Gasteiger partial charge in [0.1, 0.15) is 30.9 Å². The van der Waals surface area contributed by atoms with Gasteiger partial charge in [-0.15, -0.1) is 5.06 Å². The summed E-state index contributed by atoms with van der Waals surface area (Å²) in [5, 5.41) is 68.5. The molecule has 1 saturated carbocycles. The molecule has 2 aromatic rings. The maximum absolute atomic E-state index is 14.1. The summed E-state index contributed by atoms with van der Waals surface area (Å²) in [7, 11) is 0. The topological polar surface area (TPSA) is 476 Å². The zero-order chi connectivity index (χ0) is 74.0. The molecule has 2 aliphatic heterocycles. The molecule has 558 valence electrons. The molecule has 2 aromatic carbocycles. The number of rotatable bonds is 41. The number of ether oxygens (including phenoxy) is 1. The average Bonchev–Trinajstić information content (AvgIpc) is 1.14. The number of benzene rings is 2. The molecule has 34 heteroatoms. The number of carbonyl (C=O) groups excluding carboxylic acids is 10. The van der Waals surface area contributed by atoms with E-state index in [0.29, 0.717) is 56.6 Å². The largest absolute Gasteiger partial charge is 0.481 e. The molecule has 5 rings (SSSR count). The van der Waals surface area contributed by atoms with E-state index in [2.05, 4.69) is 37.2 Å². The molecule has 9 amide bonds. The second kappa shape index (κ2) is 43.3. The minimum Gasteiger partial charge on any atom is -0.481 e. The van der Waals surface area contributed by atoms with Gasteiger partial charge in [-0.05, 0) is 120 Å². The first-order chi connectivity index (χ1) is 48.2. The van der Waals surface area contributed by atoms with Crippen molar-refractivity contribution in [2.45, 2.75) is 172 Å². The van der Waals surface area contributed by atoms with Crippen LogP contribution in [0.5, 0.6) is 0 Å². The summed E-state index contributed by atoms with van der Waals surface area (Å²) in [6, 6.07) is 6.45. The molecule has 12 N–H and O–H groups in total. The molecule has 2 saturated heterocycles. The third-order valence-corrected chi connectivity index (χ3v) is 17.9. The van der Waals surface area contributed by atoms with Crippen molar-refractivity contribution < 1.29 is 107 Å². The predicted octanol–water partition coefficient (Wildman–Crippen LogP) is 0.384. The number of hydroxylamine groups is 2. The monoisotopic (exact) mass is 1420 g/mol. The molecule has 6 atom stereocenters. The van der Waals surface area contributed by atoms with Crippen molar-refractivity contribution in [2.24, 2.45) is 11.8 Å². The molecule has 3 unspecified atom stereocenters. The number of unbranched alkanes of at least 4 members (excludes halogenated alkanes) is 3. The smallest absolute Gasteiger partial charge is 0.333 e. The number of imide groups is 1. The highest BCUT2D eigenvalue weighted by Gasteiger charge is 2.35. The molecule has 0 spiro atoms. The minimum atomic E-state index is -1.58. The van der Waals surface area contributed by atoms with Crippen LogP contribution in [0.3, 0.4) is 0 Å². The Morgan fingerprint density at radius 1 is 0.554 bits per heavy atom. The van der Waals surface area contributed by atoms with E-state index in [-0.39, 0.29) is 179 Å². The minimum absolute atomic E-state index is 0.0635. The fraction of sp³-hybridized carbons (Fsp3) is 0.627. The van der Waals surface area contributed by atoms with Gasteiger partial charge in [-0.25, -0.2) is 19.2 Å². The van der Waals surface area contributed by atoms with Gasteiger partial charge in [-0.3, -0.25) is 72.3 Å². The Hall–Kier alpha value is -9.41. The van der Waals surface area contributed by atoms with Crippen molar-refractivity contribution >= 4 is 100 Å². The van der Waals surface area contributed by atoms with E-state index in [4.69, 9.17) is 14.7 Å². The first-order valence-electron chi connectivity index (χ1n) is 34.3. The Labute approximate surface area is 584 Å². The van der Waals surface area contributed by atoms with Gasteiger partial charge < -0.3 is 72.3 Å². The van der Waals surface area contributed by atoms with Crippen LogP contribution in [0.2, 0.25) is 0 Å². The molecule has 0 aromatic heterocycles. The maximum Gasteiger partial charge on any atom is 0.333 e. The van der Waals surface area contributed by atoms with Crippen LogP contribution in [0, 0.1) is 11.8 Å². The van der Waals surface area contributed by atoms with E-state index < -0.39 is 114 Å². The average molecular weight is 1420 g/mol. The Kier molecular flexibility index (Phi) is 35.3. The Morgan fingerprint density at radius 2 is 1.12 bits per heavy atom. The van der Waals surface area contributed by atoms with Gasteiger partial charge >= 0.3 is 41.8 Å². The van der Waals surface area contributed by atoms with Gasteiger partial charge in [-0.1, -0.05) is 42.5 Å². The normalized spacial score (nSPS) is 19.3. The van der Waals surface area contributed by atoms with Gasteiger partial charge in [0.15, 0.2) is 0 Å². The van der Waals surface area contributed by atoms with E-state index in [0.717, 1.165) is 16.3 Å². The lowest BCUT2D eigenvalue weighted by Crippen LogP contribution is -2.54. The quantitative estimate of drug-likeness (QED) is 0.0243. The van der Waals surface area contributed by atoms with Crippen molar-refractivity contribution in [1.29, 1.82) is 0 Å². The lowest BCUT2D eigenvalue weighted by Gasteiger charge is -2.38. The SMILES string of the molecule is CC1CN(CC(=O)O)CCN(CC(=O)O)CC(C)N(CC(=O)NCCCC[C@H](NC(=O)CCCCC(=O)ON2C(=O)CCC2=O)C(=O)NCC2CCC(C(=O)NC(Cc3ccc4ccccc4c3)C(=O)NCCCC[C@H](NC(=O)N[C@@H](CCC(=O)O)C(=O)O)C(=O)O)CC2)CCN1COC=O. The molecule has 0 bridgehead atoms. The number of amides is 9. The van der Waals surface area contributed by atoms with Gasteiger partial charge in [0, 0.05) is 115 Å². The van der Waals surface area contributed by atoms with E-state index in [9.17, 15) is 92.3 Å². The van der Waals surface area contributed by atoms with Crippen LogP contribution < -0.4 is 37.2 Å². The third kappa shape index (κ3) is 30.5. The van der Waals surface area contributed by atoms with Crippen LogP contribution in [-0.4, -0.2) is 261 Å². The zero-order valence-corrected chi connectivity index (χ0v) is 57.3. The summed E-state index contributed by atoms with van der Waals surface area (Å²) in [4.78, 5) is 199.